The van der Waals surface area contributed by atoms with Gasteiger partial charge in [0.05, 0.1) is 0 Å². The topological polar surface area (TPSA) is 35.2 Å². The fraction of sp³-hybridized carbons (Fsp3) is 0.588. The highest BCUT2D eigenvalue weighted by molar-refractivity contribution is 9.10. The predicted octanol–water partition coefficient (Wildman–Crippen LogP) is 4.68. The molecule has 114 valence electrons. The van der Waals surface area contributed by atoms with Crippen LogP contribution < -0.4 is 10.5 Å². The van der Waals surface area contributed by atoms with Crippen molar-refractivity contribution in [2.75, 3.05) is 0 Å². The molecule has 2 bridgehead atoms. The van der Waals surface area contributed by atoms with Gasteiger partial charge in [-0.05, 0) is 64.7 Å². The molecule has 2 aliphatic carbocycles. The predicted molar refractivity (Wildman–Crippen MR) is 93.7 cm³/mol. The van der Waals surface area contributed by atoms with Crippen LogP contribution in [0.1, 0.15) is 45.6 Å². The van der Waals surface area contributed by atoms with Crippen LogP contribution in [0.2, 0.25) is 0 Å². The Hall–Kier alpha value is -0.610. The molecule has 3 unspecified atom stereocenters. The van der Waals surface area contributed by atoms with Gasteiger partial charge in [-0.3, -0.25) is 0 Å². The largest absolute Gasteiger partial charge is 0.490 e. The summed E-state index contributed by atoms with van der Waals surface area (Å²) in [5.74, 6) is 1.68. The Morgan fingerprint density at radius 1 is 1.38 bits per heavy atom. The molecule has 2 saturated carbocycles. The minimum atomic E-state index is 0.270. The van der Waals surface area contributed by atoms with Crippen LogP contribution in [-0.2, 0) is 0 Å². The number of nitrogens with two attached hydrogens (primary N) is 1. The second-order valence-corrected chi connectivity index (χ2v) is 8.52. The molecule has 2 aliphatic rings. The second kappa shape index (κ2) is 4.95. The van der Waals surface area contributed by atoms with Crippen molar-refractivity contribution in [3.05, 3.63) is 28.2 Å². The fourth-order valence-corrected chi connectivity index (χ4v) is 5.12. The first-order valence-electron chi connectivity index (χ1n) is 7.52. The highest BCUT2D eigenvalue weighted by Crippen LogP contribution is 2.66. The quantitative estimate of drug-likeness (QED) is 0.787. The Morgan fingerprint density at radius 3 is 2.57 bits per heavy atom. The summed E-state index contributed by atoms with van der Waals surface area (Å²) in [5.41, 5.74) is 7.19. The molecule has 3 rings (SSSR count). The van der Waals surface area contributed by atoms with Crippen LogP contribution in [0.5, 0.6) is 5.75 Å². The first-order chi connectivity index (χ1) is 9.75. The lowest BCUT2D eigenvalue weighted by Gasteiger charge is -2.38. The highest BCUT2D eigenvalue weighted by atomic mass is 79.9. The number of rotatable bonds is 3. The molecule has 3 atom stereocenters. The summed E-state index contributed by atoms with van der Waals surface area (Å²) in [6.45, 7) is 7.20. The third-order valence-corrected chi connectivity index (χ3v) is 7.07. The second-order valence-electron chi connectivity index (χ2n) is 7.22. The molecule has 0 amide bonds. The van der Waals surface area contributed by atoms with Gasteiger partial charge in [-0.25, -0.2) is 0 Å². The fourth-order valence-electron chi connectivity index (χ4n) is 4.24. The summed E-state index contributed by atoms with van der Waals surface area (Å²) in [7, 11) is 0. The van der Waals surface area contributed by atoms with E-state index in [4.69, 9.17) is 22.7 Å². The Labute approximate surface area is 140 Å². The van der Waals surface area contributed by atoms with Crippen molar-refractivity contribution in [3.8, 4) is 5.75 Å². The van der Waals surface area contributed by atoms with E-state index in [2.05, 4.69) is 36.7 Å². The van der Waals surface area contributed by atoms with Crippen molar-refractivity contribution in [1.29, 1.82) is 0 Å². The van der Waals surface area contributed by atoms with E-state index in [9.17, 15) is 0 Å². The zero-order valence-corrected chi connectivity index (χ0v) is 15.2. The van der Waals surface area contributed by atoms with Gasteiger partial charge in [0, 0.05) is 15.5 Å². The van der Waals surface area contributed by atoms with Gasteiger partial charge in [0.1, 0.15) is 16.8 Å². The normalized spacial score (nSPS) is 33.1. The van der Waals surface area contributed by atoms with Crippen LogP contribution in [0.25, 0.3) is 0 Å². The van der Waals surface area contributed by atoms with E-state index in [-0.39, 0.29) is 5.41 Å². The van der Waals surface area contributed by atoms with Gasteiger partial charge in [-0.1, -0.05) is 33.0 Å². The minimum Gasteiger partial charge on any atom is -0.490 e. The maximum absolute atomic E-state index is 6.35. The van der Waals surface area contributed by atoms with E-state index in [0.717, 1.165) is 28.1 Å². The number of benzene rings is 1. The molecular weight excluding hydrogens is 346 g/mol. The molecule has 2 nitrogen and oxygen atoms in total. The minimum absolute atomic E-state index is 0.270. The molecule has 4 heteroatoms. The van der Waals surface area contributed by atoms with Crippen LogP contribution in [0.3, 0.4) is 0 Å². The summed E-state index contributed by atoms with van der Waals surface area (Å²) in [6, 6.07) is 5.89. The molecule has 0 saturated heterocycles. The van der Waals surface area contributed by atoms with Crippen molar-refractivity contribution in [2.24, 2.45) is 22.5 Å². The van der Waals surface area contributed by atoms with Crippen molar-refractivity contribution >= 4 is 33.1 Å². The lowest BCUT2D eigenvalue weighted by Crippen LogP contribution is -2.38. The number of halogens is 1. The number of fused-ring (bicyclic) bond motifs is 2. The van der Waals surface area contributed by atoms with Crippen LogP contribution in [0, 0.1) is 16.7 Å². The smallest absolute Gasteiger partial charge is 0.120 e. The Bertz CT molecular complexity index is 600. The van der Waals surface area contributed by atoms with Crippen LogP contribution >= 0.6 is 28.1 Å². The van der Waals surface area contributed by atoms with E-state index in [1.54, 1.807) is 0 Å². The van der Waals surface area contributed by atoms with E-state index >= 15 is 0 Å². The molecule has 0 radical (unpaired) electrons. The Balaban J connectivity index is 1.83. The molecule has 1 aromatic rings. The molecule has 0 heterocycles. The van der Waals surface area contributed by atoms with Crippen molar-refractivity contribution < 1.29 is 4.74 Å². The summed E-state index contributed by atoms with van der Waals surface area (Å²) < 4.78 is 7.25. The standard InChI is InChI=1S/C17H22BrNOS/c1-16(2)10-6-7-17(16,3)14(8-10)20-11-4-5-12(15(19)21)13(18)9-11/h4-5,9-10,14H,6-8H2,1-3H3,(H2,19,21). The third kappa shape index (κ3) is 2.22. The number of ether oxygens (including phenoxy) is 1. The molecule has 2 N–H and O–H groups in total. The van der Waals surface area contributed by atoms with Crippen molar-refractivity contribution in [2.45, 2.75) is 46.1 Å². The Morgan fingerprint density at radius 2 is 2.10 bits per heavy atom. The van der Waals surface area contributed by atoms with Crippen LogP contribution in [0.15, 0.2) is 22.7 Å². The molecule has 0 spiro atoms. The number of thiocarbonyl (C=S) groups is 1. The molecule has 21 heavy (non-hydrogen) atoms. The molecular formula is C17H22BrNOS. The highest BCUT2D eigenvalue weighted by Gasteiger charge is 2.62. The third-order valence-electron chi connectivity index (χ3n) is 6.20. The van der Waals surface area contributed by atoms with Crippen molar-refractivity contribution in [3.63, 3.8) is 0 Å². The molecule has 0 aliphatic heterocycles. The van der Waals surface area contributed by atoms with E-state index < -0.39 is 0 Å². The van der Waals surface area contributed by atoms with Gasteiger partial charge in [-0.2, -0.15) is 0 Å². The zero-order chi connectivity index (χ0) is 15.4. The molecule has 2 fully saturated rings. The van der Waals surface area contributed by atoms with Gasteiger partial charge in [-0.15, -0.1) is 0 Å². The first kappa shape index (κ1) is 15.3. The lowest BCUT2D eigenvalue weighted by molar-refractivity contribution is 0.0301. The van der Waals surface area contributed by atoms with Gasteiger partial charge in [0.15, 0.2) is 0 Å². The summed E-state index contributed by atoms with van der Waals surface area (Å²) in [5, 5.41) is 0. The van der Waals surface area contributed by atoms with Gasteiger partial charge in [0.2, 0.25) is 0 Å². The van der Waals surface area contributed by atoms with Gasteiger partial charge >= 0.3 is 0 Å². The van der Waals surface area contributed by atoms with Gasteiger partial charge < -0.3 is 10.5 Å². The summed E-state index contributed by atoms with van der Waals surface area (Å²) in [4.78, 5) is 0.404. The first-order valence-corrected chi connectivity index (χ1v) is 8.72. The summed E-state index contributed by atoms with van der Waals surface area (Å²) >= 11 is 8.56. The number of hydrogen-bond donors (Lipinski definition) is 1. The Kier molecular flexibility index (Phi) is 3.61. The van der Waals surface area contributed by atoms with Gasteiger partial charge in [0.25, 0.3) is 0 Å². The molecule has 1 aromatic carbocycles. The summed E-state index contributed by atoms with van der Waals surface area (Å²) in [6.07, 6.45) is 4.07. The van der Waals surface area contributed by atoms with Crippen molar-refractivity contribution in [1.82, 2.24) is 0 Å². The zero-order valence-electron chi connectivity index (χ0n) is 12.8. The average Bonchev–Trinajstić information content (AvgIpc) is 2.71. The van der Waals surface area contributed by atoms with E-state index in [0.29, 0.717) is 16.5 Å². The van der Waals surface area contributed by atoms with E-state index in [1.165, 1.54) is 12.8 Å². The molecule has 0 aromatic heterocycles. The van der Waals surface area contributed by atoms with Crippen LogP contribution in [-0.4, -0.2) is 11.1 Å². The maximum Gasteiger partial charge on any atom is 0.120 e. The lowest BCUT2D eigenvalue weighted by atomic mass is 9.70. The number of hydrogen-bond acceptors (Lipinski definition) is 2. The van der Waals surface area contributed by atoms with Crippen LogP contribution in [0.4, 0.5) is 0 Å². The average molecular weight is 368 g/mol. The van der Waals surface area contributed by atoms with E-state index in [1.807, 2.05) is 18.2 Å². The SMILES string of the molecule is CC1(C)C2CCC1(C)C(Oc1ccc(C(N)=S)c(Br)c1)C2. The maximum atomic E-state index is 6.35. The monoisotopic (exact) mass is 367 g/mol.